The molecule has 10 heteroatoms. The molecule has 1 aliphatic rings. The van der Waals surface area contributed by atoms with E-state index in [1.807, 2.05) is 28.4 Å². The van der Waals surface area contributed by atoms with Gasteiger partial charge in [-0.3, -0.25) is 14.9 Å². The number of methoxy groups -OCH3 is 1. The highest BCUT2D eigenvalue weighted by atomic mass is 35.5. The molecular formula is C23H29ClN2O5S2. The summed E-state index contributed by atoms with van der Waals surface area (Å²) in [5.74, 6) is 2.88. The largest absolute Gasteiger partial charge is 0.493 e. The lowest BCUT2D eigenvalue weighted by Gasteiger charge is -2.31. The van der Waals surface area contributed by atoms with Crippen LogP contribution in [0.5, 0.6) is 11.5 Å². The number of alkyl halides is 1. The Hall–Kier alpha value is -1.84. The first kappa shape index (κ1) is 25.8. The third kappa shape index (κ3) is 5.81. The molecule has 0 radical (unpaired) electrons. The van der Waals surface area contributed by atoms with Gasteiger partial charge in [-0.05, 0) is 53.3 Å². The van der Waals surface area contributed by atoms with E-state index in [1.165, 1.54) is 13.2 Å². The van der Waals surface area contributed by atoms with E-state index >= 15 is 0 Å². The number of rotatable bonds is 11. The number of hydrogen-bond donors (Lipinski definition) is 0. The second-order valence-corrected chi connectivity index (χ2v) is 11.0. The Morgan fingerprint density at radius 1 is 1.21 bits per heavy atom. The zero-order valence-corrected chi connectivity index (χ0v) is 21.4. The van der Waals surface area contributed by atoms with E-state index in [0.717, 1.165) is 24.3 Å². The van der Waals surface area contributed by atoms with Crippen molar-refractivity contribution in [2.75, 3.05) is 37.6 Å². The minimum Gasteiger partial charge on any atom is -0.493 e. The fourth-order valence-corrected chi connectivity index (χ4v) is 7.07. The Kier molecular flexibility index (Phi) is 9.40. The molecule has 0 aromatic heterocycles. The van der Waals surface area contributed by atoms with Gasteiger partial charge in [-0.2, -0.15) is 0 Å². The molecule has 1 unspecified atom stereocenters. The molecule has 1 heterocycles. The summed E-state index contributed by atoms with van der Waals surface area (Å²) in [6.07, 6.45) is 1.81. The number of nitro groups is 1. The van der Waals surface area contributed by atoms with Gasteiger partial charge in [0, 0.05) is 12.6 Å². The van der Waals surface area contributed by atoms with Crippen LogP contribution in [-0.2, 0) is 0 Å². The lowest BCUT2D eigenvalue weighted by Crippen LogP contribution is -2.41. The summed E-state index contributed by atoms with van der Waals surface area (Å²) in [7, 11) is 1.51. The molecule has 1 saturated heterocycles. The minimum atomic E-state index is -0.485. The van der Waals surface area contributed by atoms with Crippen LogP contribution in [0.2, 0.25) is 0 Å². The van der Waals surface area contributed by atoms with Crippen LogP contribution in [0.15, 0.2) is 24.3 Å². The summed E-state index contributed by atoms with van der Waals surface area (Å²) in [6, 6.07) is 6.53. The zero-order valence-electron chi connectivity index (χ0n) is 19.0. The van der Waals surface area contributed by atoms with Gasteiger partial charge in [-0.1, -0.05) is 13.8 Å². The maximum Gasteiger partial charge on any atom is 0.282 e. The van der Waals surface area contributed by atoms with Crippen molar-refractivity contribution in [2.24, 2.45) is 0 Å². The van der Waals surface area contributed by atoms with Gasteiger partial charge >= 0.3 is 0 Å². The Bertz CT molecular complexity index is 1000. The predicted molar refractivity (Wildman–Crippen MR) is 137 cm³/mol. The smallest absolute Gasteiger partial charge is 0.282 e. The van der Waals surface area contributed by atoms with Crippen LogP contribution in [0.4, 0.5) is 5.69 Å². The van der Waals surface area contributed by atoms with Crippen LogP contribution in [0.25, 0.3) is 10.8 Å². The molecule has 1 amide bonds. The van der Waals surface area contributed by atoms with E-state index in [9.17, 15) is 14.9 Å². The second kappa shape index (κ2) is 12.0. The molecule has 0 aliphatic carbocycles. The van der Waals surface area contributed by atoms with Gasteiger partial charge in [0.1, 0.15) is 12.2 Å². The van der Waals surface area contributed by atoms with Crippen molar-refractivity contribution in [2.45, 2.75) is 37.3 Å². The lowest BCUT2D eigenvalue weighted by atomic mass is 10.0. The van der Waals surface area contributed by atoms with Crippen LogP contribution in [0, 0.1) is 10.1 Å². The molecule has 1 atom stereocenters. The van der Waals surface area contributed by atoms with Crippen LogP contribution in [0.1, 0.15) is 37.0 Å². The van der Waals surface area contributed by atoms with Gasteiger partial charge in [0.2, 0.25) is 0 Å². The summed E-state index contributed by atoms with van der Waals surface area (Å²) in [5.41, 5.74) is -0.0907. The highest BCUT2D eigenvalue weighted by Gasteiger charge is 2.37. The van der Waals surface area contributed by atoms with E-state index in [0.29, 0.717) is 41.3 Å². The molecule has 180 valence electrons. The molecule has 33 heavy (non-hydrogen) atoms. The maximum atomic E-state index is 13.6. The van der Waals surface area contributed by atoms with E-state index in [-0.39, 0.29) is 27.8 Å². The number of likely N-dealkylation sites (tertiary alicyclic amines) is 1. The van der Waals surface area contributed by atoms with Crippen LogP contribution < -0.4 is 9.47 Å². The third-order valence-electron chi connectivity index (χ3n) is 5.54. The van der Waals surface area contributed by atoms with Crippen molar-refractivity contribution in [1.82, 2.24) is 4.90 Å². The average Bonchev–Trinajstić information content (AvgIpc) is 3.30. The Morgan fingerprint density at radius 3 is 2.48 bits per heavy atom. The Labute approximate surface area is 207 Å². The molecule has 1 fully saturated rings. The zero-order chi connectivity index (χ0) is 24.0. The summed E-state index contributed by atoms with van der Waals surface area (Å²) in [6.45, 7) is 5.13. The van der Waals surface area contributed by atoms with Crippen molar-refractivity contribution in [3.8, 4) is 11.5 Å². The summed E-state index contributed by atoms with van der Waals surface area (Å²) >= 11 is 9.42. The third-order valence-corrected chi connectivity index (χ3v) is 8.46. The molecule has 0 bridgehead atoms. The predicted octanol–water partition coefficient (Wildman–Crippen LogP) is 5.81. The van der Waals surface area contributed by atoms with E-state index in [1.54, 1.807) is 18.2 Å². The number of hydrogen-bond acceptors (Lipinski definition) is 7. The molecule has 0 N–H and O–H groups in total. The number of nitrogens with zero attached hydrogens (tertiary/aromatic N) is 2. The highest BCUT2D eigenvalue weighted by molar-refractivity contribution is 8.17. The standard InChI is InChI=1S/C23H29ClN2O5S2/c1-4-32-23(33-5-2)18-7-6-9-25(18)22(27)17-11-15-14-21(31-10-8-24)20(30-3)13-16(15)12-19(17)26(28)29/h11-14,18,23H,4-10H2,1-3H3. The average molecular weight is 513 g/mol. The Balaban J connectivity index is 2.05. The van der Waals surface area contributed by atoms with E-state index < -0.39 is 4.92 Å². The SMILES string of the molecule is CCSC(SCC)C1CCCN1C(=O)c1cc2cc(OCCCl)c(OC)cc2cc1[N+](=O)[O-]. The van der Waals surface area contributed by atoms with Crippen molar-refractivity contribution in [3.05, 3.63) is 39.9 Å². The molecule has 0 spiro atoms. The molecule has 1 aliphatic heterocycles. The Morgan fingerprint density at radius 2 is 1.88 bits per heavy atom. The number of ether oxygens (including phenoxy) is 2. The molecule has 3 rings (SSSR count). The first-order chi connectivity index (χ1) is 15.9. The number of carbonyl (C=O) groups excluding carboxylic acids is 1. The lowest BCUT2D eigenvalue weighted by molar-refractivity contribution is -0.385. The van der Waals surface area contributed by atoms with Gasteiger partial charge in [0.05, 0.1) is 28.5 Å². The minimum absolute atomic E-state index is 0.0567. The molecular weight excluding hydrogens is 484 g/mol. The van der Waals surface area contributed by atoms with Crippen LogP contribution >= 0.6 is 35.1 Å². The fourth-order valence-electron chi connectivity index (χ4n) is 4.12. The number of fused-ring (bicyclic) bond motifs is 1. The van der Waals surface area contributed by atoms with Gasteiger partial charge in [0.15, 0.2) is 11.5 Å². The topological polar surface area (TPSA) is 81.9 Å². The summed E-state index contributed by atoms with van der Waals surface area (Å²) < 4.78 is 11.3. The molecule has 7 nitrogen and oxygen atoms in total. The van der Waals surface area contributed by atoms with Crippen molar-refractivity contribution >= 4 is 57.5 Å². The highest BCUT2D eigenvalue weighted by Crippen LogP contribution is 2.39. The molecule has 0 saturated carbocycles. The molecule has 2 aromatic rings. The van der Waals surface area contributed by atoms with Gasteiger partial charge in [0.25, 0.3) is 11.6 Å². The number of nitro benzene ring substituents is 1. The van der Waals surface area contributed by atoms with Gasteiger partial charge in [-0.15, -0.1) is 35.1 Å². The number of amides is 1. The summed E-state index contributed by atoms with van der Waals surface area (Å²) in [5, 5.41) is 13.2. The first-order valence-corrected chi connectivity index (χ1v) is 13.6. The first-order valence-electron chi connectivity index (χ1n) is 11.0. The number of benzene rings is 2. The van der Waals surface area contributed by atoms with Crippen LogP contribution in [0.3, 0.4) is 0 Å². The van der Waals surface area contributed by atoms with Gasteiger partial charge < -0.3 is 14.4 Å². The summed E-state index contributed by atoms with van der Waals surface area (Å²) in [4.78, 5) is 26.9. The van der Waals surface area contributed by atoms with Crippen molar-refractivity contribution < 1.29 is 19.2 Å². The van der Waals surface area contributed by atoms with Crippen molar-refractivity contribution in [3.63, 3.8) is 0 Å². The second-order valence-electron chi connectivity index (χ2n) is 7.50. The number of thioether (sulfide) groups is 2. The normalized spacial score (nSPS) is 15.9. The monoisotopic (exact) mass is 512 g/mol. The number of halogens is 1. The van der Waals surface area contributed by atoms with E-state index in [2.05, 4.69) is 13.8 Å². The van der Waals surface area contributed by atoms with Gasteiger partial charge in [-0.25, -0.2) is 0 Å². The quantitative estimate of drug-likeness (QED) is 0.162. The van der Waals surface area contributed by atoms with Crippen LogP contribution in [-0.4, -0.2) is 64.0 Å². The fraction of sp³-hybridized carbons (Fsp3) is 0.522. The maximum absolute atomic E-state index is 13.6. The molecule has 2 aromatic carbocycles. The number of carbonyl (C=O) groups is 1. The van der Waals surface area contributed by atoms with E-state index in [4.69, 9.17) is 21.1 Å². The van der Waals surface area contributed by atoms with Crippen molar-refractivity contribution in [1.29, 1.82) is 0 Å².